The molecule has 2 heterocycles. The first-order valence-electron chi connectivity index (χ1n) is 8.13. The fraction of sp³-hybridized carbons (Fsp3) is 0.158. The molecule has 1 aromatic heterocycles. The number of anilines is 1. The average Bonchev–Trinajstić information content (AvgIpc) is 3.12. The molecule has 2 aromatic carbocycles. The van der Waals surface area contributed by atoms with Crippen molar-refractivity contribution in [3.8, 4) is 17.2 Å². The molecule has 6 nitrogen and oxygen atoms in total. The van der Waals surface area contributed by atoms with Crippen molar-refractivity contribution < 1.29 is 19.0 Å². The Hall–Kier alpha value is -2.32. The summed E-state index contributed by atoms with van der Waals surface area (Å²) >= 11 is 7.01. The lowest BCUT2D eigenvalue weighted by molar-refractivity contribution is -0.122. The summed E-state index contributed by atoms with van der Waals surface area (Å²) in [5.41, 5.74) is 1.28. The highest BCUT2D eigenvalue weighted by Crippen LogP contribution is 2.38. The number of hydrogen-bond acceptors (Lipinski definition) is 5. The van der Waals surface area contributed by atoms with Crippen molar-refractivity contribution >= 4 is 54.4 Å². The Morgan fingerprint density at radius 3 is 2.85 bits per heavy atom. The van der Waals surface area contributed by atoms with E-state index in [4.69, 9.17) is 14.2 Å². The van der Waals surface area contributed by atoms with Crippen LogP contribution in [0.25, 0.3) is 10.9 Å². The minimum atomic E-state index is -0.738. The van der Waals surface area contributed by atoms with Gasteiger partial charge in [0.1, 0.15) is 5.52 Å². The van der Waals surface area contributed by atoms with E-state index < -0.39 is 6.10 Å². The molecule has 0 unspecified atom stereocenters. The zero-order valence-electron chi connectivity index (χ0n) is 14.2. The van der Waals surface area contributed by atoms with E-state index in [-0.39, 0.29) is 12.7 Å². The number of amides is 1. The number of carbonyl (C=O) groups excluding carboxylic acids is 1. The molecule has 4 rings (SSSR count). The van der Waals surface area contributed by atoms with Crippen molar-refractivity contribution in [1.29, 1.82) is 0 Å². The third-order valence-electron chi connectivity index (χ3n) is 4.05. The van der Waals surface area contributed by atoms with Crippen LogP contribution in [-0.2, 0) is 4.79 Å². The maximum atomic E-state index is 12.6. The molecule has 0 spiro atoms. The van der Waals surface area contributed by atoms with Gasteiger partial charge in [-0.3, -0.25) is 9.78 Å². The molecule has 0 saturated heterocycles. The number of pyridine rings is 1. The fourth-order valence-corrected chi connectivity index (χ4v) is 4.07. The van der Waals surface area contributed by atoms with Crippen LogP contribution in [0.4, 0.5) is 5.69 Å². The molecular formula is C19H14Br2N2O4. The summed E-state index contributed by atoms with van der Waals surface area (Å²) in [6, 6.07) is 10.9. The predicted molar refractivity (Wildman–Crippen MR) is 108 cm³/mol. The highest BCUT2D eigenvalue weighted by Gasteiger charge is 2.21. The summed E-state index contributed by atoms with van der Waals surface area (Å²) in [6.07, 6.45) is 0.948. The summed E-state index contributed by atoms with van der Waals surface area (Å²) in [5.74, 6) is 1.50. The van der Waals surface area contributed by atoms with Gasteiger partial charge in [0.15, 0.2) is 23.4 Å². The minimum absolute atomic E-state index is 0.184. The SMILES string of the molecule is C[C@@H](Oc1c(Br)cc(Br)c2cccnc12)C(=O)Nc1ccc2c(c1)OCO2. The molecule has 27 heavy (non-hydrogen) atoms. The van der Waals surface area contributed by atoms with Crippen molar-refractivity contribution in [2.24, 2.45) is 0 Å². The number of rotatable bonds is 4. The zero-order chi connectivity index (χ0) is 19.0. The highest BCUT2D eigenvalue weighted by atomic mass is 79.9. The lowest BCUT2D eigenvalue weighted by Gasteiger charge is -2.17. The number of hydrogen-bond donors (Lipinski definition) is 1. The summed E-state index contributed by atoms with van der Waals surface area (Å²) in [7, 11) is 0. The maximum Gasteiger partial charge on any atom is 0.265 e. The third kappa shape index (κ3) is 3.59. The van der Waals surface area contributed by atoms with Crippen LogP contribution in [0.2, 0.25) is 0 Å². The summed E-state index contributed by atoms with van der Waals surface area (Å²) in [4.78, 5) is 17.0. The molecule has 0 saturated carbocycles. The number of aromatic nitrogens is 1. The average molecular weight is 494 g/mol. The van der Waals surface area contributed by atoms with Gasteiger partial charge in [0.2, 0.25) is 6.79 Å². The van der Waals surface area contributed by atoms with Gasteiger partial charge in [0, 0.05) is 27.8 Å². The maximum absolute atomic E-state index is 12.6. The first kappa shape index (κ1) is 18.1. The first-order valence-corrected chi connectivity index (χ1v) is 9.71. The topological polar surface area (TPSA) is 69.7 Å². The van der Waals surface area contributed by atoms with E-state index in [0.29, 0.717) is 32.9 Å². The number of halogens is 2. The highest BCUT2D eigenvalue weighted by molar-refractivity contribution is 9.11. The number of ether oxygens (including phenoxy) is 3. The van der Waals surface area contributed by atoms with Crippen molar-refractivity contribution in [3.63, 3.8) is 0 Å². The van der Waals surface area contributed by atoms with Crippen LogP contribution >= 0.6 is 31.9 Å². The van der Waals surface area contributed by atoms with Crippen LogP contribution in [0.5, 0.6) is 17.2 Å². The fourth-order valence-electron chi connectivity index (χ4n) is 2.71. The third-order valence-corrected chi connectivity index (χ3v) is 5.30. The van der Waals surface area contributed by atoms with Gasteiger partial charge in [0.05, 0.1) is 4.47 Å². The van der Waals surface area contributed by atoms with Crippen molar-refractivity contribution in [2.75, 3.05) is 12.1 Å². The molecule has 8 heteroatoms. The van der Waals surface area contributed by atoms with Crippen LogP contribution < -0.4 is 19.5 Å². The van der Waals surface area contributed by atoms with E-state index in [1.165, 1.54) is 0 Å². The van der Waals surface area contributed by atoms with Crippen LogP contribution in [-0.4, -0.2) is 23.8 Å². The minimum Gasteiger partial charge on any atom is -0.477 e. The van der Waals surface area contributed by atoms with Gasteiger partial charge in [-0.05, 0) is 47.1 Å². The van der Waals surface area contributed by atoms with Gasteiger partial charge >= 0.3 is 0 Å². The van der Waals surface area contributed by atoms with Gasteiger partial charge < -0.3 is 19.5 Å². The molecule has 3 aromatic rings. The Kier molecular flexibility index (Phi) is 4.92. The first-order chi connectivity index (χ1) is 13.0. The monoisotopic (exact) mass is 492 g/mol. The zero-order valence-corrected chi connectivity index (χ0v) is 17.3. The van der Waals surface area contributed by atoms with Gasteiger partial charge in [-0.15, -0.1) is 0 Å². The molecule has 1 aliphatic heterocycles. The van der Waals surface area contributed by atoms with Crippen LogP contribution in [0.1, 0.15) is 6.92 Å². The van der Waals surface area contributed by atoms with E-state index >= 15 is 0 Å². The molecule has 1 atom stereocenters. The summed E-state index contributed by atoms with van der Waals surface area (Å²) < 4.78 is 18.1. The van der Waals surface area contributed by atoms with Gasteiger partial charge in [0.25, 0.3) is 5.91 Å². The lowest BCUT2D eigenvalue weighted by atomic mass is 10.2. The molecule has 1 N–H and O–H groups in total. The standard InChI is InChI=1S/C19H14Br2N2O4/c1-10(19(24)23-11-4-5-15-16(7-11)26-9-25-15)27-18-14(21)8-13(20)12-3-2-6-22-17(12)18/h2-8,10H,9H2,1H3,(H,23,24)/t10-/m1/s1. The van der Waals surface area contributed by atoms with Gasteiger partial charge in [-0.2, -0.15) is 0 Å². The van der Waals surface area contributed by atoms with Crippen LogP contribution in [0.15, 0.2) is 51.5 Å². The molecule has 1 amide bonds. The van der Waals surface area contributed by atoms with E-state index in [1.807, 2.05) is 18.2 Å². The largest absolute Gasteiger partial charge is 0.477 e. The molecule has 0 radical (unpaired) electrons. The molecule has 0 bridgehead atoms. The Balaban J connectivity index is 1.55. The normalized spacial score (nSPS) is 13.4. The van der Waals surface area contributed by atoms with E-state index in [1.54, 1.807) is 31.3 Å². The quantitative estimate of drug-likeness (QED) is 0.560. The number of carbonyl (C=O) groups is 1. The number of fused-ring (bicyclic) bond motifs is 2. The van der Waals surface area contributed by atoms with E-state index in [9.17, 15) is 4.79 Å². The molecular weight excluding hydrogens is 480 g/mol. The second-order valence-electron chi connectivity index (χ2n) is 5.89. The molecule has 0 aliphatic carbocycles. The predicted octanol–water partition coefficient (Wildman–Crippen LogP) is 4.89. The Morgan fingerprint density at radius 2 is 2.00 bits per heavy atom. The lowest BCUT2D eigenvalue weighted by Crippen LogP contribution is -2.30. The summed E-state index contributed by atoms with van der Waals surface area (Å²) in [5, 5.41) is 3.73. The smallest absolute Gasteiger partial charge is 0.265 e. The second-order valence-corrected chi connectivity index (χ2v) is 7.59. The molecule has 0 fully saturated rings. The number of nitrogens with one attached hydrogen (secondary N) is 1. The Labute approximate surface area is 172 Å². The number of benzene rings is 2. The van der Waals surface area contributed by atoms with Gasteiger partial charge in [-0.1, -0.05) is 22.0 Å². The van der Waals surface area contributed by atoms with E-state index in [0.717, 1.165) is 9.86 Å². The van der Waals surface area contributed by atoms with E-state index in [2.05, 4.69) is 42.2 Å². The summed E-state index contributed by atoms with van der Waals surface area (Å²) in [6.45, 7) is 1.87. The van der Waals surface area contributed by atoms with Crippen LogP contribution in [0, 0.1) is 0 Å². The number of nitrogens with zero attached hydrogens (tertiary/aromatic N) is 1. The molecule has 1 aliphatic rings. The Bertz CT molecular complexity index is 1040. The second kappa shape index (κ2) is 7.36. The molecule has 138 valence electrons. The van der Waals surface area contributed by atoms with Crippen molar-refractivity contribution in [2.45, 2.75) is 13.0 Å². The van der Waals surface area contributed by atoms with Crippen molar-refractivity contribution in [1.82, 2.24) is 4.98 Å². The van der Waals surface area contributed by atoms with Crippen LogP contribution in [0.3, 0.4) is 0 Å². The Morgan fingerprint density at radius 1 is 1.19 bits per heavy atom. The van der Waals surface area contributed by atoms with Crippen molar-refractivity contribution in [3.05, 3.63) is 51.5 Å². The van der Waals surface area contributed by atoms with Gasteiger partial charge in [-0.25, -0.2) is 0 Å².